The van der Waals surface area contributed by atoms with Gasteiger partial charge in [0.05, 0.1) is 37.0 Å². The van der Waals surface area contributed by atoms with E-state index in [4.69, 9.17) is 18.9 Å². The fourth-order valence-corrected chi connectivity index (χ4v) is 7.15. The number of nitrogens with one attached hydrogen (secondary N) is 1. The van der Waals surface area contributed by atoms with Gasteiger partial charge in [0.15, 0.2) is 11.6 Å². The Morgan fingerprint density at radius 1 is 0.950 bits per heavy atom. The molecule has 6 rings (SSSR count). The molecule has 4 aromatic rings. The molecule has 1 aromatic heterocycles. The predicted molar refractivity (Wildman–Crippen MR) is 214 cm³/mol. The molecule has 2 atom stereocenters. The van der Waals surface area contributed by atoms with Gasteiger partial charge >= 0.3 is 24.0 Å². The minimum atomic E-state index is -1.41. The van der Waals surface area contributed by atoms with E-state index in [-0.39, 0.29) is 68.5 Å². The smallest absolute Gasteiger partial charge is 0.413 e. The molecule has 2 fully saturated rings. The summed E-state index contributed by atoms with van der Waals surface area (Å²) in [6.07, 6.45) is 1.86. The number of aromatic carboxylic acids is 1. The van der Waals surface area contributed by atoms with Crippen LogP contribution in [-0.2, 0) is 28.6 Å². The van der Waals surface area contributed by atoms with Crippen molar-refractivity contribution in [3.05, 3.63) is 93.8 Å². The lowest BCUT2D eigenvalue weighted by molar-refractivity contribution is -0.153. The fraction of sp³-hybridized carbons (Fsp3) is 0.395. The van der Waals surface area contributed by atoms with E-state index >= 15 is 4.39 Å². The van der Waals surface area contributed by atoms with Crippen molar-refractivity contribution in [3.8, 4) is 16.9 Å². The van der Waals surface area contributed by atoms with Crippen molar-refractivity contribution in [1.82, 2.24) is 14.8 Å². The molecule has 1 aliphatic heterocycles. The zero-order valence-corrected chi connectivity index (χ0v) is 33.4. The monoisotopic (exact) mass is 832 g/mol. The summed E-state index contributed by atoms with van der Waals surface area (Å²) >= 11 is 0. The number of aromatic nitrogens is 1. The number of rotatable bonds is 16. The van der Waals surface area contributed by atoms with Crippen LogP contribution in [0.3, 0.4) is 0 Å². The van der Waals surface area contributed by atoms with Crippen LogP contribution in [0.25, 0.3) is 22.0 Å². The zero-order valence-electron chi connectivity index (χ0n) is 33.4. The minimum Gasteiger partial charge on any atom is -0.492 e. The SMILES string of the molecule is COc1c(N2CCN(C(=O)OCOC(=O)CCC(=O)NCCCOC(=O)C(C)c3ccc(-c4ccccc4)c(F)c3)C(C)C2)c(F)cc2c(=O)c(C(=O)O)cn(C3CC3)c12. The summed E-state index contributed by atoms with van der Waals surface area (Å²) in [6, 6.07) is 14.2. The summed E-state index contributed by atoms with van der Waals surface area (Å²) in [7, 11) is 1.35. The fourth-order valence-electron chi connectivity index (χ4n) is 7.15. The minimum absolute atomic E-state index is 0.0180. The van der Waals surface area contributed by atoms with Gasteiger partial charge < -0.3 is 43.7 Å². The van der Waals surface area contributed by atoms with Crippen molar-refractivity contribution in [2.75, 3.05) is 51.6 Å². The molecular formula is C43H46F2N4O11. The van der Waals surface area contributed by atoms with Crippen molar-refractivity contribution < 1.29 is 56.8 Å². The molecule has 15 nitrogen and oxygen atoms in total. The number of carboxylic acid groups (broad SMARTS) is 1. The number of hydrogen-bond acceptors (Lipinski definition) is 11. The molecule has 2 unspecified atom stereocenters. The van der Waals surface area contributed by atoms with Crippen molar-refractivity contribution in [1.29, 1.82) is 0 Å². The number of esters is 2. The summed E-state index contributed by atoms with van der Waals surface area (Å²) in [4.78, 5) is 77.9. The number of benzene rings is 3. The summed E-state index contributed by atoms with van der Waals surface area (Å²) in [6.45, 7) is 3.25. The van der Waals surface area contributed by atoms with Gasteiger partial charge in [-0.15, -0.1) is 0 Å². The third-order valence-electron chi connectivity index (χ3n) is 10.5. The third-order valence-corrected chi connectivity index (χ3v) is 10.5. The van der Waals surface area contributed by atoms with Gasteiger partial charge in [-0.05, 0) is 56.4 Å². The van der Waals surface area contributed by atoms with Crippen molar-refractivity contribution in [3.63, 3.8) is 0 Å². The van der Waals surface area contributed by atoms with Gasteiger partial charge in [0, 0.05) is 56.4 Å². The summed E-state index contributed by atoms with van der Waals surface area (Å²) in [5.41, 5.74) is 0.728. The maximum atomic E-state index is 15.8. The summed E-state index contributed by atoms with van der Waals surface area (Å²) in [5.74, 6) is -5.00. The first-order chi connectivity index (χ1) is 28.8. The number of carbonyl (C=O) groups excluding carboxylic acids is 4. The Labute approximate surface area is 343 Å². The van der Waals surface area contributed by atoms with Crippen LogP contribution in [-0.4, -0.2) is 97.2 Å². The summed E-state index contributed by atoms with van der Waals surface area (Å²) < 4.78 is 53.3. The lowest BCUT2D eigenvalue weighted by Crippen LogP contribution is -2.54. The Hall–Kier alpha value is -6.52. The van der Waals surface area contributed by atoms with Crippen LogP contribution in [0.5, 0.6) is 5.75 Å². The van der Waals surface area contributed by atoms with Gasteiger partial charge in [0.1, 0.15) is 17.1 Å². The lowest BCUT2D eigenvalue weighted by atomic mass is 9.97. The lowest BCUT2D eigenvalue weighted by Gasteiger charge is -2.40. The molecule has 60 heavy (non-hydrogen) atoms. The van der Waals surface area contributed by atoms with Crippen LogP contribution >= 0.6 is 0 Å². The molecule has 1 aliphatic carbocycles. The van der Waals surface area contributed by atoms with E-state index in [1.807, 2.05) is 18.2 Å². The van der Waals surface area contributed by atoms with Gasteiger partial charge in [-0.3, -0.25) is 19.2 Å². The second-order valence-corrected chi connectivity index (χ2v) is 14.7. The van der Waals surface area contributed by atoms with E-state index in [0.29, 0.717) is 23.1 Å². The Morgan fingerprint density at radius 3 is 2.37 bits per heavy atom. The Morgan fingerprint density at radius 2 is 1.70 bits per heavy atom. The van der Waals surface area contributed by atoms with E-state index < -0.39 is 71.3 Å². The number of nitrogens with zero attached hydrogens (tertiary/aromatic N) is 3. The van der Waals surface area contributed by atoms with E-state index in [9.17, 15) is 38.3 Å². The highest BCUT2D eigenvalue weighted by Crippen LogP contribution is 2.44. The van der Waals surface area contributed by atoms with Gasteiger partial charge in [0.25, 0.3) is 0 Å². The van der Waals surface area contributed by atoms with Crippen LogP contribution in [0.2, 0.25) is 0 Å². The Kier molecular flexibility index (Phi) is 13.7. The Balaban J connectivity index is 0.894. The maximum Gasteiger partial charge on any atom is 0.413 e. The van der Waals surface area contributed by atoms with Crippen LogP contribution in [0.4, 0.5) is 19.3 Å². The molecule has 2 heterocycles. The molecule has 0 spiro atoms. The molecule has 2 aliphatic rings. The first-order valence-electron chi connectivity index (χ1n) is 19.6. The van der Waals surface area contributed by atoms with Gasteiger partial charge in [-0.2, -0.15) is 0 Å². The van der Waals surface area contributed by atoms with Crippen molar-refractivity contribution in [2.45, 2.75) is 64.0 Å². The second kappa shape index (κ2) is 19.0. The number of ether oxygens (including phenoxy) is 4. The molecule has 0 bridgehead atoms. The molecular weight excluding hydrogens is 786 g/mol. The standard InChI is InChI=1S/C43H46F2N4O11/c1-25-22-47(38-34(45)21-31-37(40(38)57-3)49(29-11-12-29)23-32(39(31)52)41(53)54)17-18-48(25)43(56)60-24-59-36(51)15-14-35(50)46-16-7-19-58-42(55)26(2)28-10-13-30(33(44)20-28)27-8-5-4-6-9-27/h4-6,8-10,13,20-21,23,25-26,29H,7,11-12,14-19,22,24H2,1-3H3,(H,46,50)(H,53,54). The topological polar surface area (TPSA) is 183 Å². The molecule has 1 saturated carbocycles. The number of pyridine rings is 1. The average molecular weight is 833 g/mol. The number of anilines is 1. The van der Waals surface area contributed by atoms with E-state index in [2.05, 4.69) is 5.32 Å². The molecule has 17 heteroatoms. The zero-order chi connectivity index (χ0) is 43.1. The normalized spacial score (nSPS) is 15.6. The van der Waals surface area contributed by atoms with Crippen LogP contribution in [0.1, 0.15) is 73.8 Å². The highest BCUT2D eigenvalue weighted by molar-refractivity contribution is 5.97. The van der Waals surface area contributed by atoms with E-state index in [1.54, 1.807) is 47.6 Å². The quantitative estimate of drug-likeness (QED) is 0.0791. The number of hydrogen-bond donors (Lipinski definition) is 2. The highest BCUT2D eigenvalue weighted by atomic mass is 19.1. The second-order valence-electron chi connectivity index (χ2n) is 14.7. The first kappa shape index (κ1) is 43.1. The Bertz CT molecular complexity index is 2330. The number of piperazine rings is 1. The number of amides is 2. The van der Waals surface area contributed by atoms with Gasteiger partial charge in [-0.25, -0.2) is 18.4 Å². The van der Waals surface area contributed by atoms with E-state index in [1.165, 1.54) is 24.3 Å². The number of carboxylic acids is 1. The highest BCUT2D eigenvalue weighted by Gasteiger charge is 2.35. The molecule has 1 saturated heterocycles. The average Bonchev–Trinajstić information content (AvgIpc) is 4.08. The molecule has 318 valence electrons. The van der Waals surface area contributed by atoms with Crippen LogP contribution < -0.4 is 20.4 Å². The number of fused-ring (bicyclic) bond motifs is 1. The summed E-state index contributed by atoms with van der Waals surface area (Å²) in [5, 5.41) is 12.1. The first-order valence-corrected chi connectivity index (χ1v) is 19.6. The van der Waals surface area contributed by atoms with Crippen molar-refractivity contribution >= 4 is 46.5 Å². The number of methoxy groups -OCH3 is 1. The largest absolute Gasteiger partial charge is 0.492 e. The molecule has 3 aromatic carbocycles. The van der Waals surface area contributed by atoms with Crippen molar-refractivity contribution in [2.24, 2.45) is 0 Å². The van der Waals surface area contributed by atoms with Gasteiger partial charge in [-0.1, -0.05) is 42.5 Å². The molecule has 0 radical (unpaired) electrons. The third kappa shape index (κ3) is 9.84. The molecule has 2 N–H and O–H groups in total. The van der Waals surface area contributed by atoms with Crippen LogP contribution in [0, 0.1) is 11.6 Å². The number of carbonyl (C=O) groups is 5. The maximum absolute atomic E-state index is 15.8. The van der Waals surface area contributed by atoms with Gasteiger partial charge in [0.2, 0.25) is 18.1 Å². The van der Waals surface area contributed by atoms with E-state index in [0.717, 1.165) is 24.5 Å². The number of halogens is 2. The predicted octanol–water partition coefficient (Wildman–Crippen LogP) is 5.77. The molecule has 2 amide bonds. The van der Waals surface area contributed by atoms with Crippen LogP contribution in [0.15, 0.2) is 65.6 Å².